The first-order valence-corrected chi connectivity index (χ1v) is 5.05. The van der Waals surface area contributed by atoms with Crippen LogP contribution in [0.25, 0.3) is 10.4 Å². The zero-order chi connectivity index (χ0) is 9.26. The fraction of sp³-hybridized carbons (Fsp3) is 0.0909. The second-order valence-corrected chi connectivity index (χ2v) is 3.99. The van der Waals surface area contributed by atoms with Crippen LogP contribution in [0.5, 0.6) is 0 Å². The van der Waals surface area contributed by atoms with Crippen LogP contribution in [0.2, 0.25) is 0 Å². The number of nitrogen functional groups attached to an aromatic ring is 1. The van der Waals surface area contributed by atoms with Gasteiger partial charge in [0.05, 0.1) is 0 Å². The molecule has 2 aromatic rings. The number of aryl methyl sites for hydroxylation is 1. The maximum Gasteiger partial charge on any atom is 0.0401 e. The molecular formula is C11H11NS. The lowest BCUT2D eigenvalue weighted by Crippen LogP contribution is -1.86. The van der Waals surface area contributed by atoms with Crippen molar-refractivity contribution in [1.82, 2.24) is 0 Å². The number of rotatable bonds is 1. The van der Waals surface area contributed by atoms with Crippen molar-refractivity contribution in [2.24, 2.45) is 0 Å². The van der Waals surface area contributed by atoms with E-state index in [1.165, 1.54) is 10.4 Å². The highest BCUT2D eigenvalue weighted by Crippen LogP contribution is 2.30. The van der Waals surface area contributed by atoms with Gasteiger partial charge in [-0.15, -0.1) is 11.3 Å². The van der Waals surface area contributed by atoms with Crippen molar-refractivity contribution in [1.29, 1.82) is 0 Å². The summed E-state index contributed by atoms with van der Waals surface area (Å²) in [5, 5.41) is 2.14. The first kappa shape index (κ1) is 8.32. The van der Waals surface area contributed by atoms with Crippen molar-refractivity contribution in [3.8, 4) is 10.4 Å². The number of thiophene rings is 1. The Morgan fingerprint density at radius 2 is 2.00 bits per heavy atom. The van der Waals surface area contributed by atoms with E-state index in [1.807, 2.05) is 18.2 Å². The van der Waals surface area contributed by atoms with Crippen molar-refractivity contribution in [2.45, 2.75) is 6.92 Å². The van der Waals surface area contributed by atoms with Gasteiger partial charge in [0, 0.05) is 16.1 Å². The van der Waals surface area contributed by atoms with Crippen LogP contribution in [0.15, 0.2) is 35.7 Å². The fourth-order valence-corrected chi connectivity index (χ4v) is 2.24. The zero-order valence-corrected chi connectivity index (χ0v) is 8.27. The van der Waals surface area contributed by atoms with Crippen LogP contribution < -0.4 is 5.73 Å². The average Bonchev–Trinajstić information content (AvgIpc) is 2.53. The molecular weight excluding hydrogens is 178 g/mol. The molecule has 2 rings (SSSR count). The molecule has 0 unspecified atom stereocenters. The molecule has 1 aromatic heterocycles. The average molecular weight is 189 g/mol. The van der Waals surface area contributed by atoms with Crippen molar-refractivity contribution >= 4 is 17.0 Å². The summed E-state index contributed by atoms with van der Waals surface area (Å²) in [6.07, 6.45) is 0. The summed E-state index contributed by atoms with van der Waals surface area (Å²) in [4.78, 5) is 1.25. The molecule has 0 radical (unpaired) electrons. The lowest BCUT2D eigenvalue weighted by Gasteiger charge is -2.00. The molecule has 0 aliphatic heterocycles. The number of nitrogens with two attached hydrogens (primary N) is 1. The van der Waals surface area contributed by atoms with Crippen LogP contribution in [-0.2, 0) is 0 Å². The summed E-state index contributed by atoms with van der Waals surface area (Å²) in [5.74, 6) is 0. The SMILES string of the molecule is Cc1csc(-c2ccccc2N)c1. The molecule has 13 heavy (non-hydrogen) atoms. The van der Waals surface area contributed by atoms with Gasteiger partial charge in [-0.25, -0.2) is 0 Å². The molecule has 0 bridgehead atoms. The van der Waals surface area contributed by atoms with Gasteiger partial charge in [-0.2, -0.15) is 0 Å². The zero-order valence-electron chi connectivity index (χ0n) is 7.45. The summed E-state index contributed by atoms with van der Waals surface area (Å²) < 4.78 is 0. The summed E-state index contributed by atoms with van der Waals surface area (Å²) in [6, 6.07) is 10.1. The van der Waals surface area contributed by atoms with Crippen LogP contribution in [0.1, 0.15) is 5.56 Å². The Labute approximate surface area is 81.8 Å². The molecule has 0 saturated heterocycles. The second kappa shape index (κ2) is 3.23. The van der Waals surface area contributed by atoms with Gasteiger partial charge < -0.3 is 5.73 Å². The third-order valence-corrected chi connectivity index (χ3v) is 3.04. The molecule has 2 N–H and O–H groups in total. The summed E-state index contributed by atoms with van der Waals surface area (Å²) in [6.45, 7) is 2.10. The van der Waals surface area contributed by atoms with Gasteiger partial charge in [0.25, 0.3) is 0 Å². The van der Waals surface area contributed by atoms with Gasteiger partial charge >= 0.3 is 0 Å². The molecule has 0 saturated carbocycles. The quantitative estimate of drug-likeness (QED) is 0.684. The van der Waals surface area contributed by atoms with Crippen LogP contribution in [0, 0.1) is 6.92 Å². The third-order valence-electron chi connectivity index (χ3n) is 1.96. The fourth-order valence-electron chi connectivity index (χ4n) is 1.29. The van der Waals surface area contributed by atoms with Gasteiger partial charge in [-0.3, -0.25) is 0 Å². The third kappa shape index (κ3) is 1.58. The molecule has 2 heteroatoms. The lowest BCUT2D eigenvalue weighted by atomic mass is 10.1. The predicted molar refractivity (Wildman–Crippen MR) is 58.9 cm³/mol. The maximum atomic E-state index is 5.87. The Hall–Kier alpha value is -1.28. The molecule has 1 heterocycles. The van der Waals surface area contributed by atoms with Gasteiger partial charge in [0.15, 0.2) is 0 Å². The van der Waals surface area contributed by atoms with Gasteiger partial charge in [0.1, 0.15) is 0 Å². The molecule has 0 amide bonds. The summed E-state index contributed by atoms with van der Waals surface area (Å²) in [5.41, 5.74) is 9.15. The Morgan fingerprint density at radius 1 is 1.23 bits per heavy atom. The first-order chi connectivity index (χ1) is 6.27. The van der Waals surface area contributed by atoms with Crippen molar-refractivity contribution < 1.29 is 0 Å². The number of para-hydroxylation sites is 1. The Balaban J connectivity index is 2.52. The normalized spacial score (nSPS) is 10.2. The van der Waals surface area contributed by atoms with Crippen molar-refractivity contribution in [3.05, 3.63) is 41.3 Å². The van der Waals surface area contributed by atoms with Gasteiger partial charge in [-0.1, -0.05) is 18.2 Å². The van der Waals surface area contributed by atoms with E-state index in [2.05, 4.69) is 24.4 Å². The predicted octanol–water partition coefficient (Wildman–Crippen LogP) is 3.31. The Morgan fingerprint density at radius 3 is 2.62 bits per heavy atom. The van der Waals surface area contributed by atoms with Gasteiger partial charge in [-0.05, 0) is 30.0 Å². The minimum Gasteiger partial charge on any atom is -0.398 e. The highest BCUT2D eigenvalue weighted by atomic mass is 32.1. The number of benzene rings is 1. The minimum atomic E-state index is 0.851. The van der Waals surface area contributed by atoms with E-state index in [9.17, 15) is 0 Å². The van der Waals surface area contributed by atoms with Crippen LogP contribution >= 0.6 is 11.3 Å². The molecule has 1 aromatic carbocycles. The lowest BCUT2D eigenvalue weighted by molar-refractivity contribution is 1.55. The molecule has 0 aliphatic rings. The molecule has 1 nitrogen and oxygen atoms in total. The Bertz CT molecular complexity index is 418. The van der Waals surface area contributed by atoms with Crippen LogP contribution in [-0.4, -0.2) is 0 Å². The van der Waals surface area contributed by atoms with E-state index in [1.54, 1.807) is 11.3 Å². The highest BCUT2D eigenvalue weighted by Gasteiger charge is 2.02. The van der Waals surface area contributed by atoms with E-state index >= 15 is 0 Å². The van der Waals surface area contributed by atoms with Crippen LogP contribution in [0.3, 0.4) is 0 Å². The van der Waals surface area contributed by atoms with E-state index < -0.39 is 0 Å². The Kier molecular flexibility index (Phi) is 2.07. The first-order valence-electron chi connectivity index (χ1n) is 4.17. The molecule has 0 atom stereocenters. The molecule has 0 aliphatic carbocycles. The topological polar surface area (TPSA) is 26.0 Å². The van der Waals surface area contributed by atoms with E-state index in [4.69, 9.17) is 5.73 Å². The maximum absolute atomic E-state index is 5.87. The van der Waals surface area contributed by atoms with Crippen LogP contribution in [0.4, 0.5) is 5.69 Å². The molecule has 66 valence electrons. The number of anilines is 1. The van der Waals surface area contributed by atoms with Gasteiger partial charge in [0.2, 0.25) is 0 Å². The number of hydrogen-bond acceptors (Lipinski definition) is 2. The summed E-state index contributed by atoms with van der Waals surface area (Å²) >= 11 is 1.74. The molecule has 0 fully saturated rings. The number of hydrogen-bond donors (Lipinski definition) is 1. The van der Waals surface area contributed by atoms with Crippen molar-refractivity contribution in [2.75, 3.05) is 5.73 Å². The second-order valence-electron chi connectivity index (χ2n) is 3.08. The molecule has 0 spiro atoms. The monoisotopic (exact) mass is 189 g/mol. The van der Waals surface area contributed by atoms with E-state index in [0.29, 0.717) is 0 Å². The minimum absolute atomic E-state index is 0.851. The smallest absolute Gasteiger partial charge is 0.0401 e. The summed E-state index contributed by atoms with van der Waals surface area (Å²) in [7, 11) is 0. The van der Waals surface area contributed by atoms with E-state index in [0.717, 1.165) is 11.3 Å². The van der Waals surface area contributed by atoms with Crippen molar-refractivity contribution in [3.63, 3.8) is 0 Å². The highest BCUT2D eigenvalue weighted by molar-refractivity contribution is 7.13. The standard InChI is InChI=1S/C11H11NS/c1-8-6-11(13-7-8)9-4-2-3-5-10(9)12/h2-7H,12H2,1H3. The van der Waals surface area contributed by atoms with E-state index in [-0.39, 0.29) is 0 Å². The largest absolute Gasteiger partial charge is 0.398 e.